The van der Waals surface area contributed by atoms with Crippen molar-refractivity contribution in [2.75, 3.05) is 26.2 Å². The highest BCUT2D eigenvalue weighted by molar-refractivity contribution is 5.85. The van der Waals surface area contributed by atoms with Gasteiger partial charge in [0, 0.05) is 19.5 Å². The van der Waals surface area contributed by atoms with Gasteiger partial charge in [0.05, 0.1) is 6.54 Å². The van der Waals surface area contributed by atoms with E-state index in [1.807, 2.05) is 17.0 Å². The first kappa shape index (κ1) is 19.7. The zero-order valence-corrected chi connectivity index (χ0v) is 15.4. The summed E-state index contributed by atoms with van der Waals surface area (Å²) in [6.07, 6.45) is 4.66. The minimum Gasteiger partial charge on any atom is -0.347 e. The molecule has 0 spiro atoms. The number of fused-ring (bicyclic) bond motifs is 1. The quantitative estimate of drug-likeness (QED) is 0.837. The predicted molar refractivity (Wildman–Crippen MR) is 101 cm³/mol. The minimum absolute atomic E-state index is 0. The lowest BCUT2D eigenvalue weighted by molar-refractivity contribution is -0.133. The van der Waals surface area contributed by atoms with E-state index >= 15 is 0 Å². The Morgan fingerprint density at radius 1 is 1.16 bits per heavy atom. The molecule has 0 aliphatic carbocycles. The second-order valence-corrected chi connectivity index (χ2v) is 6.84. The second kappa shape index (κ2) is 9.78. The van der Waals surface area contributed by atoms with E-state index in [0.717, 1.165) is 45.3 Å². The lowest BCUT2D eigenvalue weighted by atomic mass is 9.93. The van der Waals surface area contributed by atoms with Gasteiger partial charge >= 0.3 is 0 Å². The Bertz CT molecular complexity index is 588. The van der Waals surface area contributed by atoms with Gasteiger partial charge in [-0.2, -0.15) is 0 Å². The van der Waals surface area contributed by atoms with Crippen LogP contribution in [0.15, 0.2) is 24.3 Å². The third-order valence-electron chi connectivity index (χ3n) is 5.16. The standard InChI is InChI=1S/C19H27N3O2.ClH/c23-18(6-5-15-7-10-20-11-8-15)21-13-19(24)22-12-9-16-3-1-2-4-17(16)14-22;/h1-4,15,20H,5-14H2,(H,21,23);1H. The van der Waals surface area contributed by atoms with Crippen LogP contribution in [0, 0.1) is 5.92 Å². The third kappa shape index (κ3) is 5.72. The molecule has 2 aliphatic rings. The second-order valence-electron chi connectivity index (χ2n) is 6.84. The Kier molecular flexibility index (Phi) is 7.72. The summed E-state index contributed by atoms with van der Waals surface area (Å²) in [5.41, 5.74) is 2.54. The molecule has 0 saturated carbocycles. The molecular weight excluding hydrogens is 338 g/mol. The summed E-state index contributed by atoms with van der Waals surface area (Å²) in [4.78, 5) is 26.1. The van der Waals surface area contributed by atoms with Crippen molar-refractivity contribution in [1.82, 2.24) is 15.5 Å². The molecular formula is C19H28ClN3O2. The number of benzene rings is 1. The van der Waals surface area contributed by atoms with Gasteiger partial charge in [-0.25, -0.2) is 0 Å². The topological polar surface area (TPSA) is 61.4 Å². The van der Waals surface area contributed by atoms with Gasteiger partial charge in [-0.1, -0.05) is 24.3 Å². The molecule has 3 rings (SSSR count). The number of halogens is 1. The summed E-state index contributed by atoms with van der Waals surface area (Å²) in [5.74, 6) is 0.658. The lowest BCUT2D eigenvalue weighted by Gasteiger charge is -2.29. The van der Waals surface area contributed by atoms with Crippen molar-refractivity contribution in [3.05, 3.63) is 35.4 Å². The molecule has 2 amide bonds. The highest BCUT2D eigenvalue weighted by atomic mass is 35.5. The Hall–Kier alpha value is -1.59. The average Bonchev–Trinajstić information content (AvgIpc) is 2.65. The Labute approximate surface area is 155 Å². The number of carbonyl (C=O) groups is 2. The van der Waals surface area contributed by atoms with Crippen LogP contribution in [0.2, 0.25) is 0 Å². The molecule has 2 heterocycles. The molecule has 1 saturated heterocycles. The third-order valence-corrected chi connectivity index (χ3v) is 5.16. The van der Waals surface area contributed by atoms with E-state index in [1.54, 1.807) is 0 Å². The lowest BCUT2D eigenvalue weighted by Crippen LogP contribution is -2.42. The molecule has 5 nitrogen and oxygen atoms in total. The molecule has 1 aromatic carbocycles. The van der Waals surface area contributed by atoms with Gasteiger partial charge in [0.1, 0.15) is 0 Å². The van der Waals surface area contributed by atoms with E-state index in [1.165, 1.54) is 11.1 Å². The van der Waals surface area contributed by atoms with Crippen LogP contribution < -0.4 is 10.6 Å². The molecule has 2 N–H and O–H groups in total. The van der Waals surface area contributed by atoms with E-state index in [0.29, 0.717) is 18.9 Å². The number of amides is 2. The van der Waals surface area contributed by atoms with Crippen LogP contribution >= 0.6 is 12.4 Å². The largest absolute Gasteiger partial charge is 0.347 e. The zero-order valence-electron chi connectivity index (χ0n) is 14.6. The minimum atomic E-state index is -0.000655. The summed E-state index contributed by atoms with van der Waals surface area (Å²) < 4.78 is 0. The first-order valence-corrected chi connectivity index (χ1v) is 9.04. The van der Waals surface area contributed by atoms with Crippen LogP contribution in [-0.2, 0) is 22.6 Å². The van der Waals surface area contributed by atoms with Crippen molar-refractivity contribution in [2.45, 2.75) is 38.6 Å². The number of hydrogen-bond acceptors (Lipinski definition) is 3. The van der Waals surface area contributed by atoms with E-state index in [-0.39, 0.29) is 30.8 Å². The monoisotopic (exact) mass is 365 g/mol. The summed E-state index contributed by atoms with van der Waals surface area (Å²) in [6.45, 7) is 3.62. The fraction of sp³-hybridized carbons (Fsp3) is 0.579. The molecule has 2 aliphatic heterocycles. The highest BCUT2D eigenvalue weighted by Gasteiger charge is 2.21. The Balaban J connectivity index is 0.00000225. The van der Waals surface area contributed by atoms with Crippen LogP contribution in [0.4, 0.5) is 0 Å². The normalized spacial score (nSPS) is 17.4. The molecule has 138 valence electrons. The Morgan fingerprint density at radius 3 is 2.64 bits per heavy atom. The molecule has 25 heavy (non-hydrogen) atoms. The van der Waals surface area contributed by atoms with Crippen LogP contribution in [0.3, 0.4) is 0 Å². The molecule has 6 heteroatoms. The maximum atomic E-state index is 12.3. The highest BCUT2D eigenvalue weighted by Crippen LogP contribution is 2.19. The van der Waals surface area contributed by atoms with Gasteiger partial charge in [0.15, 0.2) is 0 Å². The van der Waals surface area contributed by atoms with Crippen LogP contribution in [0.5, 0.6) is 0 Å². The molecule has 1 aromatic rings. The van der Waals surface area contributed by atoms with Crippen LogP contribution in [0.1, 0.15) is 36.8 Å². The SMILES string of the molecule is Cl.O=C(CCC1CCNCC1)NCC(=O)N1CCc2ccccc2C1. The molecule has 0 radical (unpaired) electrons. The average molecular weight is 366 g/mol. The Morgan fingerprint density at radius 2 is 1.88 bits per heavy atom. The van der Waals surface area contributed by atoms with Gasteiger partial charge in [-0.3, -0.25) is 9.59 Å². The summed E-state index contributed by atoms with van der Waals surface area (Å²) in [6, 6.07) is 8.25. The number of rotatable bonds is 5. The summed E-state index contributed by atoms with van der Waals surface area (Å²) in [7, 11) is 0. The van der Waals surface area contributed by atoms with E-state index < -0.39 is 0 Å². The van der Waals surface area contributed by atoms with Gasteiger partial charge < -0.3 is 15.5 Å². The fourth-order valence-corrected chi connectivity index (χ4v) is 3.59. The number of piperidine rings is 1. The van der Waals surface area contributed by atoms with Crippen LogP contribution in [-0.4, -0.2) is 42.9 Å². The van der Waals surface area contributed by atoms with Crippen molar-refractivity contribution >= 4 is 24.2 Å². The predicted octanol–water partition coefficient (Wildman–Crippen LogP) is 1.89. The van der Waals surface area contributed by atoms with E-state index in [2.05, 4.69) is 22.8 Å². The van der Waals surface area contributed by atoms with Crippen molar-refractivity contribution < 1.29 is 9.59 Å². The molecule has 0 atom stereocenters. The first-order valence-electron chi connectivity index (χ1n) is 9.04. The molecule has 1 fully saturated rings. The van der Waals surface area contributed by atoms with Crippen molar-refractivity contribution in [1.29, 1.82) is 0 Å². The number of nitrogens with zero attached hydrogens (tertiary/aromatic N) is 1. The first-order chi connectivity index (χ1) is 11.7. The zero-order chi connectivity index (χ0) is 16.8. The van der Waals surface area contributed by atoms with Gasteiger partial charge in [0.25, 0.3) is 0 Å². The number of hydrogen-bond donors (Lipinski definition) is 2. The van der Waals surface area contributed by atoms with Gasteiger partial charge in [0.2, 0.25) is 11.8 Å². The number of nitrogens with one attached hydrogen (secondary N) is 2. The van der Waals surface area contributed by atoms with Crippen molar-refractivity contribution in [3.8, 4) is 0 Å². The van der Waals surface area contributed by atoms with Gasteiger partial charge in [-0.05, 0) is 55.8 Å². The molecule has 0 aromatic heterocycles. The number of carbonyl (C=O) groups excluding carboxylic acids is 2. The maximum Gasteiger partial charge on any atom is 0.242 e. The van der Waals surface area contributed by atoms with Crippen molar-refractivity contribution in [3.63, 3.8) is 0 Å². The maximum absolute atomic E-state index is 12.3. The van der Waals surface area contributed by atoms with E-state index in [4.69, 9.17) is 0 Å². The molecule has 0 unspecified atom stereocenters. The van der Waals surface area contributed by atoms with E-state index in [9.17, 15) is 9.59 Å². The fourth-order valence-electron chi connectivity index (χ4n) is 3.59. The molecule has 0 bridgehead atoms. The van der Waals surface area contributed by atoms with Crippen LogP contribution in [0.25, 0.3) is 0 Å². The van der Waals surface area contributed by atoms with Gasteiger partial charge in [-0.15, -0.1) is 12.4 Å². The summed E-state index contributed by atoms with van der Waals surface area (Å²) >= 11 is 0. The van der Waals surface area contributed by atoms with Crippen molar-refractivity contribution in [2.24, 2.45) is 5.92 Å². The summed E-state index contributed by atoms with van der Waals surface area (Å²) in [5, 5.41) is 6.13. The smallest absolute Gasteiger partial charge is 0.242 e.